The molecule has 0 aromatic heterocycles. The van der Waals surface area contributed by atoms with Crippen LogP contribution in [0.4, 0.5) is 14.5 Å². The standard InChI is InChI=1S/C11H13F2N3O2S/c12-8-5-7(11(14)15)6-9(13)10(8)16-1-3-19(17,18)4-2-16/h5-6H,1-4H2,(H3,14,15). The van der Waals surface area contributed by atoms with Crippen LogP contribution in [0, 0.1) is 17.0 Å². The van der Waals surface area contributed by atoms with E-state index in [-0.39, 0.29) is 35.8 Å². The molecule has 1 aliphatic heterocycles. The zero-order valence-corrected chi connectivity index (χ0v) is 10.8. The first-order chi connectivity index (χ1) is 8.80. The molecule has 2 rings (SSSR count). The fourth-order valence-corrected chi connectivity index (χ4v) is 3.16. The summed E-state index contributed by atoms with van der Waals surface area (Å²) in [6.45, 7) is 0.102. The van der Waals surface area contributed by atoms with Gasteiger partial charge in [0.25, 0.3) is 0 Å². The number of benzene rings is 1. The average Bonchev–Trinajstić information content (AvgIpc) is 2.30. The molecule has 0 unspecified atom stereocenters. The van der Waals surface area contributed by atoms with Gasteiger partial charge >= 0.3 is 0 Å². The minimum absolute atomic E-state index is 0.0385. The molecule has 0 radical (unpaired) electrons. The van der Waals surface area contributed by atoms with Gasteiger partial charge in [-0.05, 0) is 12.1 Å². The van der Waals surface area contributed by atoms with Crippen LogP contribution in [-0.4, -0.2) is 38.8 Å². The van der Waals surface area contributed by atoms with Crippen molar-refractivity contribution in [2.24, 2.45) is 5.73 Å². The Morgan fingerprint density at radius 3 is 2.11 bits per heavy atom. The molecule has 19 heavy (non-hydrogen) atoms. The highest BCUT2D eigenvalue weighted by Gasteiger charge is 2.26. The molecule has 0 saturated carbocycles. The van der Waals surface area contributed by atoms with E-state index >= 15 is 0 Å². The van der Waals surface area contributed by atoms with Gasteiger partial charge in [-0.15, -0.1) is 0 Å². The number of anilines is 1. The molecule has 1 heterocycles. The number of amidine groups is 1. The van der Waals surface area contributed by atoms with Crippen LogP contribution in [0.3, 0.4) is 0 Å². The van der Waals surface area contributed by atoms with Crippen LogP contribution in [0.15, 0.2) is 12.1 Å². The maximum absolute atomic E-state index is 13.9. The molecule has 1 aromatic carbocycles. The average molecular weight is 289 g/mol. The second-order valence-corrected chi connectivity index (χ2v) is 6.64. The van der Waals surface area contributed by atoms with Gasteiger partial charge < -0.3 is 10.6 Å². The zero-order valence-electron chi connectivity index (χ0n) is 9.99. The van der Waals surface area contributed by atoms with Crippen LogP contribution >= 0.6 is 0 Å². The predicted octanol–water partition coefficient (Wildman–Crippen LogP) is 0.484. The summed E-state index contributed by atoms with van der Waals surface area (Å²) in [5.41, 5.74) is 4.87. The van der Waals surface area contributed by atoms with E-state index in [0.29, 0.717) is 0 Å². The fraction of sp³-hybridized carbons (Fsp3) is 0.364. The number of hydrogen-bond acceptors (Lipinski definition) is 4. The molecule has 1 saturated heterocycles. The first-order valence-electron chi connectivity index (χ1n) is 5.59. The van der Waals surface area contributed by atoms with Crippen molar-refractivity contribution in [3.63, 3.8) is 0 Å². The Morgan fingerprint density at radius 1 is 1.21 bits per heavy atom. The highest BCUT2D eigenvalue weighted by Crippen LogP contribution is 2.26. The van der Waals surface area contributed by atoms with Crippen LogP contribution in [0.2, 0.25) is 0 Å². The zero-order chi connectivity index (χ0) is 14.2. The highest BCUT2D eigenvalue weighted by atomic mass is 32.2. The summed E-state index contributed by atoms with van der Waals surface area (Å²) in [5, 5.41) is 7.15. The molecule has 1 aromatic rings. The van der Waals surface area contributed by atoms with Gasteiger partial charge in [0, 0.05) is 18.7 Å². The molecule has 3 N–H and O–H groups in total. The van der Waals surface area contributed by atoms with Crippen molar-refractivity contribution in [2.45, 2.75) is 0 Å². The summed E-state index contributed by atoms with van der Waals surface area (Å²) in [6, 6.07) is 1.95. The van der Waals surface area contributed by atoms with Crippen LogP contribution in [0.1, 0.15) is 5.56 Å². The fourth-order valence-electron chi connectivity index (χ4n) is 1.96. The third-order valence-electron chi connectivity index (χ3n) is 2.99. The largest absolute Gasteiger partial charge is 0.384 e. The SMILES string of the molecule is N=C(N)c1cc(F)c(N2CCS(=O)(=O)CC2)c(F)c1. The van der Waals surface area contributed by atoms with E-state index < -0.39 is 27.3 Å². The van der Waals surface area contributed by atoms with Gasteiger partial charge in [0.15, 0.2) is 9.84 Å². The molecular weight excluding hydrogens is 276 g/mol. The topological polar surface area (TPSA) is 87.2 Å². The normalized spacial score (nSPS) is 18.3. The Kier molecular flexibility index (Phi) is 3.44. The number of hydrogen-bond donors (Lipinski definition) is 2. The van der Waals surface area contributed by atoms with Crippen LogP contribution in [-0.2, 0) is 9.84 Å². The number of rotatable bonds is 2. The number of nitrogens with two attached hydrogens (primary N) is 1. The Labute approximate surface area is 109 Å². The Bertz CT molecular complexity index is 594. The number of nitrogens with one attached hydrogen (secondary N) is 1. The van der Waals surface area contributed by atoms with Gasteiger partial charge in [-0.25, -0.2) is 17.2 Å². The second-order valence-electron chi connectivity index (χ2n) is 4.34. The lowest BCUT2D eigenvalue weighted by Crippen LogP contribution is -2.41. The number of halogens is 2. The van der Waals surface area contributed by atoms with Gasteiger partial charge in [0.2, 0.25) is 0 Å². The van der Waals surface area contributed by atoms with Crippen molar-refractivity contribution in [3.05, 3.63) is 29.3 Å². The molecule has 5 nitrogen and oxygen atoms in total. The monoisotopic (exact) mass is 289 g/mol. The third-order valence-corrected chi connectivity index (χ3v) is 4.60. The van der Waals surface area contributed by atoms with Crippen molar-refractivity contribution >= 4 is 21.4 Å². The Morgan fingerprint density at radius 2 is 1.68 bits per heavy atom. The van der Waals surface area contributed by atoms with Crippen molar-refractivity contribution < 1.29 is 17.2 Å². The summed E-state index contributed by atoms with van der Waals surface area (Å²) >= 11 is 0. The van der Waals surface area contributed by atoms with Gasteiger partial charge in [-0.2, -0.15) is 0 Å². The van der Waals surface area contributed by atoms with Crippen molar-refractivity contribution in [2.75, 3.05) is 29.5 Å². The van der Waals surface area contributed by atoms with E-state index in [0.717, 1.165) is 12.1 Å². The van der Waals surface area contributed by atoms with E-state index in [4.69, 9.17) is 11.1 Å². The molecule has 1 fully saturated rings. The molecule has 0 amide bonds. The molecule has 8 heteroatoms. The number of sulfone groups is 1. The smallest absolute Gasteiger partial charge is 0.153 e. The summed E-state index contributed by atoms with van der Waals surface area (Å²) in [4.78, 5) is 1.36. The Hall–Kier alpha value is -1.70. The van der Waals surface area contributed by atoms with Crippen LogP contribution < -0.4 is 10.6 Å². The molecule has 0 spiro atoms. The molecule has 1 aliphatic rings. The van der Waals surface area contributed by atoms with Gasteiger partial charge in [-0.1, -0.05) is 0 Å². The minimum atomic E-state index is -3.11. The predicted molar refractivity (Wildman–Crippen MR) is 68.2 cm³/mol. The maximum Gasteiger partial charge on any atom is 0.153 e. The summed E-state index contributed by atoms with van der Waals surface area (Å²) in [5.74, 6) is -2.36. The minimum Gasteiger partial charge on any atom is -0.384 e. The first-order valence-corrected chi connectivity index (χ1v) is 7.41. The van der Waals surface area contributed by atoms with Crippen molar-refractivity contribution in [1.29, 1.82) is 5.41 Å². The van der Waals surface area contributed by atoms with Crippen molar-refractivity contribution in [3.8, 4) is 0 Å². The number of nitrogen functional groups attached to an aromatic ring is 1. The second kappa shape index (κ2) is 4.76. The van der Waals surface area contributed by atoms with Gasteiger partial charge in [0.05, 0.1) is 11.5 Å². The van der Waals surface area contributed by atoms with Crippen LogP contribution in [0.25, 0.3) is 0 Å². The van der Waals surface area contributed by atoms with E-state index in [2.05, 4.69) is 0 Å². The third kappa shape index (κ3) is 2.83. The van der Waals surface area contributed by atoms with Gasteiger partial charge in [-0.3, -0.25) is 5.41 Å². The summed E-state index contributed by atoms with van der Waals surface area (Å²) in [7, 11) is -3.11. The lowest BCUT2D eigenvalue weighted by molar-refractivity contribution is 0.561. The van der Waals surface area contributed by atoms with Crippen molar-refractivity contribution in [1.82, 2.24) is 0 Å². The highest BCUT2D eigenvalue weighted by molar-refractivity contribution is 7.91. The van der Waals surface area contributed by atoms with E-state index in [1.165, 1.54) is 4.90 Å². The van der Waals surface area contributed by atoms with Gasteiger partial charge in [0.1, 0.15) is 23.2 Å². The molecule has 0 bridgehead atoms. The molecule has 0 aliphatic carbocycles. The molecule has 0 atom stereocenters. The number of nitrogens with zero attached hydrogens (tertiary/aromatic N) is 1. The quantitative estimate of drug-likeness (QED) is 0.612. The lowest BCUT2D eigenvalue weighted by atomic mass is 10.1. The van der Waals surface area contributed by atoms with E-state index in [1.807, 2.05) is 0 Å². The summed E-state index contributed by atoms with van der Waals surface area (Å²) in [6.07, 6.45) is 0. The molecular formula is C11H13F2N3O2S. The maximum atomic E-state index is 13.9. The Balaban J connectivity index is 2.34. The summed E-state index contributed by atoms with van der Waals surface area (Å²) < 4.78 is 50.3. The lowest BCUT2D eigenvalue weighted by Gasteiger charge is -2.29. The molecule has 104 valence electrons. The van der Waals surface area contributed by atoms with Crippen LogP contribution in [0.5, 0.6) is 0 Å². The first kappa shape index (κ1) is 13.7. The van der Waals surface area contributed by atoms with E-state index in [1.54, 1.807) is 0 Å². The van der Waals surface area contributed by atoms with E-state index in [9.17, 15) is 17.2 Å².